The molecular formula is C2H4Na8O23S2Si4. The van der Waals surface area contributed by atoms with Gasteiger partial charge in [-0.05, 0) is 0 Å². The first-order chi connectivity index (χ1) is 13.6. The third kappa shape index (κ3) is 1810. The van der Waals surface area contributed by atoms with Gasteiger partial charge in [0, 0.05) is 28.7 Å². The molecule has 0 unspecified atom stereocenters. The van der Waals surface area contributed by atoms with Crippen molar-refractivity contribution in [1.29, 1.82) is 0 Å². The number of carbonyl (C=O) groups excluding carboxylic acids is 3. The summed E-state index contributed by atoms with van der Waals surface area (Å²) < 4.78 is 116. The standard InChI is InChI=1S/CH2O3.CO2.8Na.2H2O4S.2O3Si.2O2Si.H/c2-1-4-3;2-1-3;;;;;;;;;2*1-5(2,3)4;2*1-4(2)3;2*1-3-2;/h1,3H;;;;;;;;;;2*(H2,1,2,3,4);;;;;/q;;8*+1;;;2*-2;;;-1/p-3. The van der Waals surface area contributed by atoms with Crippen LogP contribution in [0.2, 0.25) is 0 Å². The fourth-order valence-corrected chi connectivity index (χ4v) is 0. The summed E-state index contributed by atoms with van der Waals surface area (Å²) in [6.07, 6.45) is 0.250. The maximum Gasteiger partial charge on any atom is 1.00 e. The Hall–Kier alpha value is 5.42. The summed E-state index contributed by atoms with van der Waals surface area (Å²) in [5.74, 6) is 0. The summed E-state index contributed by atoms with van der Waals surface area (Å²) >= 11 is 0. The van der Waals surface area contributed by atoms with Crippen LogP contribution in [-0.2, 0) is 66.8 Å². The van der Waals surface area contributed by atoms with Gasteiger partial charge in [-0.2, -0.15) is 18.0 Å². The van der Waals surface area contributed by atoms with Gasteiger partial charge in [0.15, 0.2) is 0 Å². The van der Waals surface area contributed by atoms with E-state index in [4.69, 9.17) is 101 Å². The Morgan fingerprint density at radius 1 is 0.692 bits per heavy atom. The van der Waals surface area contributed by atoms with E-state index in [-0.39, 0.29) is 251 Å². The summed E-state index contributed by atoms with van der Waals surface area (Å²) in [4.78, 5) is 61.6. The first kappa shape index (κ1) is 104. The van der Waals surface area contributed by atoms with Crippen LogP contribution in [0, 0.1) is 0 Å². The van der Waals surface area contributed by atoms with E-state index in [1.807, 2.05) is 0 Å². The van der Waals surface area contributed by atoms with E-state index in [0.717, 1.165) is 0 Å². The normalized spacial score (nSPS) is 5.36. The van der Waals surface area contributed by atoms with Gasteiger partial charge in [-0.15, -0.1) is 0 Å². The zero-order valence-electron chi connectivity index (χ0n) is 22.4. The van der Waals surface area contributed by atoms with E-state index in [9.17, 15) is 0 Å². The number of carbonyl (C=O) groups is 1. The molecule has 0 aromatic carbocycles. The Balaban J connectivity index is -0.00000000982. The molecule has 0 aliphatic heterocycles. The minimum Gasteiger partial charge on any atom is -1.00 e. The van der Waals surface area contributed by atoms with Crippen LogP contribution in [0.25, 0.3) is 0 Å². The van der Waals surface area contributed by atoms with Gasteiger partial charge in [0.1, 0.15) is 0 Å². The monoisotopic (exact) mass is 756 g/mol. The minimum atomic E-state index is -5.17. The maximum atomic E-state index is 8.74. The molecule has 0 aromatic heterocycles. The van der Waals surface area contributed by atoms with Crippen molar-refractivity contribution >= 4 is 70.3 Å². The Kier molecular flexibility index (Phi) is 257. The van der Waals surface area contributed by atoms with Crippen molar-refractivity contribution in [2.45, 2.75) is 0 Å². The molecule has 0 heterocycles. The average molecular weight is 756 g/mol. The quantitative estimate of drug-likeness (QED) is 0.0626. The fraction of sp³-hybridized carbons (Fsp3) is 0. The molecular weight excluding hydrogens is 752 g/mol. The molecule has 0 aliphatic rings. The van der Waals surface area contributed by atoms with Gasteiger partial charge in [0.2, 0.25) is 0 Å². The predicted octanol–water partition coefficient (Wildman–Crippen LogP) is -35.0. The molecule has 0 rings (SSSR count). The van der Waals surface area contributed by atoms with Crippen LogP contribution in [0.4, 0.5) is 0 Å². The van der Waals surface area contributed by atoms with Crippen molar-refractivity contribution in [3.8, 4) is 0 Å². The largest absolute Gasteiger partial charge is 1.00 e. The number of hydrogen-bond donors (Lipinski definition) is 2. The summed E-state index contributed by atoms with van der Waals surface area (Å²) in [6, 6.07) is 0. The second kappa shape index (κ2) is 96.7. The molecule has 0 bridgehead atoms. The fourth-order valence-electron chi connectivity index (χ4n) is 0. The van der Waals surface area contributed by atoms with E-state index in [1.165, 1.54) is 0 Å². The van der Waals surface area contributed by atoms with Gasteiger partial charge >= 0.3 is 272 Å². The van der Waals surface area contributed by atoms with Crippen LogP contribution >= 0.6 is 0 Å². The smallest absolute Gasteiger partial charge is 1.00 e. The van der Waals surface area contributed by atoms with E-state index in [0.29, 0.717) is 0 Å². The van der Waals surface area contributed by atoms with Crippen LogP contribution in [0.5, 0.6) is 0 Å². The zero-order valence-corrected chi connectivity index (χ0v) is 43.0. The van der Waals surface area contributed by atoms with Crippen molar-refractivity contribution in [2.75, 3.05) is 0 Å². The third-order valence-electron chi connectivity index (χ3n) is 0.0393. The minimum absolute atomic E-state index is 0. The van der Waals surface area contributed by atoms with Gasteiger partial charge in [-0.1, -0.05) is 0 Å². The van der Waals surface area contributed by atoms with Gasteiger partial charge in [-0.3, -0.25) is 40.2 Å². The van der Waals surface area contributed by atoms with Crippen LogP contribution in [0.15, 0.2) is 0 Å². The summed E-state index contributed by atoms with van der Waals surface area (Å²) in [5, 5.41) is 8.43. The molecule has 23 nitrogen and oxygen atoms in total. The van der Waals surface area contributed by atoms with E-state index in [1.54, 1.807) is 0 Å². The van der Waals surface area contributed by atoms with Crippen molar-refractivity contribution < 1.29 is 343 Å². The van der Waals surface area contributed by atoms with E-state index >= 15 is 0 Å². The van der Waals surface area contributed by atoms with Crippen molar-refractivity contribution in [2.24, 2.45) is 0 Å². The molecule has 0 radical (unpaired) electrons. The van der Waals surface area contributed by atoms with Crippen LogP contribution < -0.4 is 261 Å². The molecule has 0 saturated heterocycles. The summed E-state index contributed by atoms with van der Waals surface area (Å²) in [7, 11) is -19.9. The molecule has 0 amide bonds. The zero-order chi connectivity index (χ0) is 27.7. The molecule has 0 saturated carbocycles. The molecule has 0 spiro atoms. The van der Waals surface area contributed by atoms with Gasteiger partial charge in [0.05, 0.1) is 0 Å². The van der Waals surface area contributed by atoms with Crippen LogP contribution in [0.1, 0.15) is 1.43 Å². The van der Waals surface area contributed by atoms with Crippen LogP contribution in [0.3, 0.4) is 0 Å². The Labute approximate surface area is 405 Å². The van der Waals surface area contributed by atoms with Crippen LogP contribution in [-0.4, -0.2) is 84.6 Å². The maximum absolute atomic E-state index is 8.74. The van der Waals surface area contributed by atoms with Gasteiger partial charge in [-0.25, -0.2) is 0 Å². The Morgan fingerprint density at radius 2 is 0.718 bits per heavy atom. The summed E-state index contributed by atoms with van der Waals surface area (Å²) in [6.45, 7) is -0.181. The molecule has 0 atom stereocenters. The second-order valence-corrected chi connectivity index (χ2v) is 4.84. The second-order valence-electron chi connectivity index (χ2n) is 1.80. The molecule has 0 aliphatic carbocycles. The number of hydrogen-bond acceptors (Lipinski definition) is 21. The van der Waals surface area contributed by atoms with E-state index in [2.05, 4.69) is 4.89 Å². The molecule has 0 aromatic rings. The van der Waals surface area contributed by atoms with E-state index < -0.39 is 57.7 Å². The predicted molar refractivity (Wildman–Crippen MR) is 65.1 cm³/mol. The van der Waals surface area contributed by atoms with Crippen molar-refractivity contribution in [3.63, 3.8) is 0 Å². The Morgan fingerprint density at radius 3 is 0.718 bits per heavy atom. The molecule has 2 N–H and O–H groups in total. The molecule has 37 heteroatoms. The van der Waals surface area contributed by atoms with Crippen molar-refractivity contribution in [3.05, 3.63) is 0 Å². The number of rotatable bonds is 1. The first-order valence-electron chi connectivity index (χ1n) is 4.45. The topological polar surface area (TPSA) is 433 Å². The van der Waals surface area contributed by atoms with Gasteiger partial charge < -0.3 is 48.8 Å². The van der Waals surface area contributed by atoms with Crippen molar-refractivity contribution in [1.82, 2.24) is 0 Å². The van der Waals surface area contributed by atoms with Gasteiger partial charge in [0.25, 0.3) is 6.47 Å². The first-order valence-corrected chi connectivity index (χ1v) is 11.3. The molecule has 39 heavy (non-hydrogen) atoms. The average Bonchev–Trinajstić information content (AvgIpc) is 2.44. The molecule has 0 fully saturated rings. The SMILES string of the molecule is O=C=O.O=CO[O-].O=S(=O)(O)O.O=S(=O)([O-])[O-].O=[Si]([O-])[O-].O=[Si]([O-])[O-].O=[Si]=O.O=[Si]=O.[H-].[Na+].[Na+].[Na+].[Na+].[Na+].[Na+].[Na+].[Na+]. The summed E-state index contributed by atoms with van der Waals surface area (Å²) in [5.41, 5.74) is 0. The Bertz CT molecular complexity index is 654. The molecule has 186 valence electrons. The third-order valence-corrected chi connectivity index (χ3v) is 0.0393.